The summed E-state index contributed by atoms with van der Waals surface area (Å²) in [5.41, 5.74) is 1.64. The molecule has 5 rings (SSSR count). The quantitative estimate of drug-likeness (QED) is 0.233. The zero-order valence-electron chi connectivity index (χ0n) is 17.6. The van der Waals surface area contributed by atoms with Crippen LogP contribution >= 0.6 is 51.4 Å². The fourth-order valence-electron chi connectivity index (χ4n) is 4.01. The van der Waals surface area contributed by atoms with E-state index in [1.54, 1.807) is 24.3 Å². The van der Waals surface area contributed by atoms with Gasteiger partial charge in [-0.15, -0.1) is 0 Å². The van der Waals surface area contributed by atoms with Crippen LogP contribution in [0.4, 0.5) is 0 Å². The summed E-state index contributed by atoms with van der Waals surface area (Å²) in [5, 5.41) is 3.53. The van der Waals surface area contributed by atoms with Crippen molar-refractivity contribution in [3.8, 4) is 0 Å². The molecule has 166 valence electrons. The number of hydrogen-bond acceptors (Lipinski definition) is 2. The van der Waals surface area contributed by atoms with Crippen molar-refractivity contribution in [1.82, 2.24) is 0 Å². The highest BCUT2D eigenvalue weighted by Crippen LogP contribution is 2.37. The molecule has 0 saturated carbocycles. The molecule has 34 heavy (non-hydrogen) atoms. The first-order chi connectivity index (χ1) is 16.4. The smallest absolute Gasteiger partial charge is 0.205 e. The van der Waals surface area contributed by atoms with Crippen molar-refractivity contribution in [3.63, 3.8) is 0 Å². The van der Waals surface area contributed by atoms with Gasteiger partial charge in [-0.25, -0.2) is 0 Å². The van der Waals surface area contributed by atoms with Crippen molar-refractivity contribution in [1.29, 1.82) is 0 Å². The number of Topliss-reactive ketones (excluding diaryl/α,β-unsaturated/α-hetero) is 2. The number of rotatable bonds is 4. The fourth-order valence-corrected chi connectivity index (χ4v) is 7.07. The summed E-state index contributed by atoms with van der Waals surface area (Å²) in [6.07, 6.45) is 0. The lowest BCUT2D eigenvalue weighted by molar-refractivity contribution is 0.0998. The molecule has 0 aliphatic heterocycles. The summed E-state index contributed by atoms with van der Waals surface area (Å²) in [6.45, 7) is 0. The van der Waals surface area contributed by atoms with Gasteiger partial charge in [-0.05, 0) is 53.7 Å². The maximum absolute atomic E-state index is 13.2. The normalized spacial score (nSPS) is 13.4. The van der Waals surface area contributed by atoms with Gasteiger partial charge in [0, 0.05) is 20.1 Å². The molecule has 0 radical (unpaired) electrons. The molecule has 0 bridgehead atoms. The topological polar surface area (TPSA) is 34.1 Å². The van der Waals surface area contributed by atoms with Crippen molar-refractivity contribution < 1.29 is 9.59 Å². The summed E-state index contributed by atoms with van der Waals surface area (Å²) in [4.78, 5) is 26.0. The van der Waals surface area contributed by atoms with Crippen LogP contribution in [-0.4, -0.2) is 11.6 Å². The Bertz CT molecular complexity index is 1400. The average Bonchev–Trinajstić information content (AvgIpc) is 2.86. The number of fused-ring (bicyclic) bond motifs is 1. The number of halogens is 3. The van der Waals surface area contributed by atoms with Crippen LogP contribution in [0.2, 0.25) is 0 Å². The zero-order chi connectivity index (χ0) is 23.8. The minimum Gasteiger partial charge on any atom is -0.289 e. The highest BCUT2D eigenvalue weighted by atomic mass is 79.9. The number of allylic oxidation sites excluding steroid dienone is 2. The molecule has 6 heteroatoms. The second-order valence-corrected chi connectivity index (χ2v) is 12.2. The van der Waals surface area contributed by atoms with E-state index in [0.717, 1.165) is 14.2 Å². The fraction of sp³-hybridized carbons (Fsp3) is 0. The molecule has 1 aliphatic carbocycles. The minimum atomic E-state index is -0.816. The maximum atomic E-state index is 13.2. The lowest BCUT2D eigenvalue weighted by Gasteiger charge is -2.21. The van der Waals surface area contributed by atoms with E-state index in [1.165, 1.54) is 10.6 Å². The van der Waals surface area contributed by atoms with Crippen LogP contribution in [0.15, 0.2) is 111 Å². The second kappa shape index (κ2) is 9.71. The van der Waals surface area contributed by atoms with Gasteiger partial charge in [0.05, 0.1) is 5.57 Å². The summed E-state index contributed by atoms with van der Waals surface area (Å²) < 4.78 is 2.05. The molecule has 2 nitrogen and oxygen atoms in total. The minimum absolute atomic E-state index is 0.0282. The molecule has 4 aromatic carbocycles. The first kappa shape index (κ1) is 23.4. The van der Waals surface area contributed by atoms with Crippen molar-refractivity contribution >= 4 is 84.4 Å². The first-order valence-corrected chi connectivity index (χ1v) is 13.7. The van der Waals surface area contributed by atoms with E-state index in [2.05, 4.69) is 56.1 Å². The number of hydrogen-bond donors (Lipinski definition) is 0. The van der Waals surface area contributed by atoms with E-state index in [0.29, 0.717) is 16.7 Å². The van der Waals surface area contributed by atoms with Crippen LogP contribution in [0.3, 0.4) is 0 Å². The molecule has 0 heterocycles. The Balaban J connectivity index is 1.57. The Morgan fingerprint density at radius 1 is 0.559 bits per heavy atom. The molecule has 0 saturated heterocycles. The Morgan fingerprint density at radius 2 is 0.971 bits per heavy atom. The third-order valence-corrected chi connectivity index (χ3v) is 9.51. The number of benzene rings is 4. The van der Waals surface area contributed by atoms with Gasteiger partial charge in [0.1, 0.15) is 5.03 Å². The largest absolute Gasteiger partial charge is 0.289 e. The van der Waals surface area contributed by atoms with Crippen LogP contribution in [0.25, 0.3) is 5.57 Å². The standard InChI is InChI=1S/C28H16Br2ClO2P/c29-18-7-13-21(14-8-18)34(22-15-9-19(30)10-16-22)20-11-5-17(6-12-20)25-26(31)28(33)24-4-2-1-3-23(24)27(25)32/h1-16H. The van der Waals surface area contributed by atoms with Gasteiger partial charge >= 0.3 is 0 Å². The predicted molar refractivity (Wildman–Crippen MR) is 148 cm³/mol. The van der Waals surface area contributed by atoms with Gasteiger partial charge in [0.25, 0.3) is 0 Å². The lowest BCUT2D eigenvalue weighted by atomic mass is 9.86. The molecule has 4 aromatic rings. The molecule has 1 aliphatic rings. The molecule has 0 atom stereocenters. The van der Waals surface area contributed by atoms with Crippen LogP contribution < -0.4 is 15.9 Å². The highest BCUT2D eigenvalue weighted by Gasteiger charge is 2.32. The zero-order valence-corrected chi connectivity index (χ0v) is 22.5. The monoisotopic (exact) mass is 608 g/mol. The van der Waals surface area contributed by atoms with Gasteiger partial charge in [-0.1, -0.05) is 116 Å². The molecule has 0 spiro atoms. The number of carbonyl (C=O) groups excluding carboxylic acids is 2. The summed E-state index contributed by atoms with van der Waals surface area (Å²) >= 11 is 13.5. The van der Waals surface area contributed by atoms with Crippen molar-refractivity contribution in [2.75, 3.05) is 0 Å². The summed E-state index contributed by atoms with van der Waals surface area (Å²) in [6, 6.07) is 31.4. The SMILES string of the molecule is O=C1C(Cl)=C(c2ccc(P(c3ccc(Br)cc3)c3ccc(Br)cc3)cc2)C(=O)c2ccccc21. The van der Waals surface area contributed by atoms with Gasteiger partial charge in [0.15, 0.2) is 5.78 Å². The molecular formula is C28H16Br2ClO2P. The lowest BCUT2D eigenvalue weighted by Crippen LogP contribution is -2.21. The summed E-state index contributed by atoms with van der Waals surface area (Å²) in [7, 11) is -0.816. The van der Waals surface area contributed by atoms with E-state index >= 15 is 0 Å². The summed E-state index contributed by atoms with van der Waals surface area (Å²) in [5.74, 6) is -0.543. The Kier molecular flexibility index (Phi) is 6.68. The number of ketones is 2. The first-order valence-electron chi connectivity index (χ1n) is 10.4. The van der Waals surface area contributed by atoms with Gasteiger partial charge < -0.3 is 0 Å². The third kappa shape index (κ3) is 4.36. The third-order valence-electron chi connectivity index (χ3n) is 5.65. The average molecular weight is 611 g/mol. The molecule has 0 fully saturated rings. The van der Waals surface area contributed by atoms with Gasteiger partial charge in [0.2, 0.25) is 5.78 Å². The Morgan fingerprint density at radius 3 is 1.44 bits per heavy atom. The van der Waals surface area contributed by atoms with Crippen molar-refractivity contribution in [2.45, 2.75) is 0 Å². The molecule has 0 amide bonds. The number of carbonyl (C=O) groups is 2. The Hall–Kier alpha value is -2.36. The Labute approximate surface area is 220 Å². The molecular weight excluding hydrogens is 595 g/mol. The van der Waals surface area contributed by atoms with Crippen molar-refractivity contribution in [3.05, 3.63) is 128 Å². The molecule has 0 N–H and O–H groups in total. The van der Waals surface area contributed by atoms with Gasteiger partial charge in [-0.2, -0.15) is 0 Å². The van der Waals surface area contributed by atoms with E-state index in [1.807, 2.05) is 48.5 Å². The molecule has 0 aromatic heterocycles. The highest BCUT2D eigenvalue weighted by molar-refractivity contribution is 9.10. The van der Waals surface area contributed by atoms with Crippen LogP contribution in [0.5, 0.6) is 0 Å². The maximum Gasteiger partial charge on any atom is 0.205 e. The van der Waals surface area contributed by atoms with Gasteiger partial charge in [-0.3, -0.25) is 9.59 Å². The van der Waals surface area contributed by atoms with Crippen molar-refractivity contribution in [2.24, 2.45) is 0 Å². The van der Waals surface area contributed by atoms with E-state index in [9.17, 15) is 9.59 Å². The molecule has 0 unspecified atom stereocenters. The van der Waals surface area contributed by atoms with E-state index in [4.69, 9.17) is 11.6 Å². The van der Waals surface area contributed by atoms with Crippen LogP contribution in [-0.2, 0) is 0 Å². The van der Waals surface area contributed by atoms with E-state index < -0.39 is 7.92 Å². The predicted octanol–water partition coefficient (Wildman–Crippen LogP) is 7.00. The van der Waals surface area contributed by atoms with Crippen LogP contribution in [0.1, 0.15) is 26.3 Å². The van der Waals surface area contributed by atoms with E-state index in [-0.39, 0.29) is 22.2 Å². The second-order valence-electron chi connectivity index (χ2n) is 7.73. The van der Waals surface area contributed by atoms with Crippen LogP contribution in [0, 0.1) is 0 Å².